The van der Waals surface area contributed by atoms with Gasteiger partial charge in [0.25, 0.3) is 20.1 Å². The number of hydrogen-bond acceptors (Lipinski definition) is 7. The molecule has 0 atom stereocenters. The summed E-state index contributed by atoms with van der Waals surface area (Å²) in [4.78, 5) is 10.6. The molecule has 1 aromatic carbocycles. The lowest BCUT2D eigenvalue weighted by Gasteiger charge is -2.41. The summed E-state index contributed by atoms with van der Waals surface area (Å²) in [6, 6.07) is 8.33. The molecule has 30 heavy (non-hydrogen) atoms. The lowest BCUT2D eigenvalue weighted by atomic mass is 9.81. The van der Waals surface area contributed by atoms with Crippen molar-refractivity contribution in [3.63, 3.8) is 0 Å². The second kappa shape index (κ2) is 7.33. The third-order valence-electron chi connectivity index (χ3n) is 5.54. The second-order valence-corrected chi connectivity index (χ2v) is 11.0. The van der Waals surface area contributed by atoms with Crippen LogP contribution in [-0.4, -0.2) is 54.2 Å². The number of rotatable bonds is 6. The molecular weight excluding hydrogens is 428 g/mol. The molecule has 1 saturated carbocycles. The second-order valence-electron chi connectivity index (χ2n) is 7.71. The molecule has 160 valence electrons. The van der Waals surface area contributed by atoms with Crippen LogP contribution in [0.5, 0.6) is 0 Å². The normalized spacial score (nSPS) is 19.6. The highest BCUT2D eigenvalue weighted by atomic mass is 32.2. The predicted molar refractivity (Wildman–Crippen MR) is 113 cm³/mol. The van der Waals surface area contributed by atoms with Gasteiger partial charge in [0, 0.05) is 19.3 Å². The van der Waals surface area contributed by atoms with E-state index >= 15 is 0 Å². The Hall–Kier alpha value is -2.50. The molecule has 0 bridgehead atoms. The van der Waals surface area contributed by atoms with Gasteiger partial charge in [0.05, 0.1) is 16.0 Å². The minimum absolute atomic E-state index is 0.0481. The number of fused-ring (bicyclic) bond motifs is 1. The minimum atomic E-state index is -3.99. The van der Waals surface area contributed by atoms with Gasteiger partial charge in [0.1, 0.15) is 12.1 Å². The van der Waals surface area contributed by atoms with Crippen LogP contribution in [0.3, 0.4) is 0 Å². The van der Waals surface area contributed by atoms with Crippen molar-refractivity contribution in [1.29, 1.82) is 0 Å². The third kappa shape index (κ3) is 3.80. The largest absolute Gasteiger partial charge is 0.356 e. The summed E-state index contributed by atoms with van der Waals surface area (Å²) < 4.78 is 58.4. The Bertz CT molecular complexity index is 1290. The molecule has 1 N–H and O–H groups in total. The van der Waals surface area contributed by atoms with Crippen LogP contribution in [0, 0.1) is 12.8 Å². The van der Waals surface area contributed by atoms with Gasteiger partial charge < -0.3 is 4.90 Å². The summed E-state index contributed by atoms with van der Waals surface area (Å²) in [7, 11) is -5.96. The Balaban J connectivity index is 1.64. The highest BCUT2D eigenvalue weighted by Crippen LogP contribution is 2.36. The number of nitrogens with zero attached hydrogens (tertiary/aromatic N) is 4. The molecule has 0 spiro atoms. The lowest BCUT2D eigenvalue weighted by molar-refractivity contribution is 0.277. The molecule has 9 nitrogen and oxygen atoms in total. The number of anilines is 1. The summed E-state index contributed by atoms with van der Waals surface area (Å²) in [6.45, 7) is 1.89. The molecule has 2 aromatic heterocycles. The molecule has 0 unspecified atom stereocenters. The van der Waals surface area contributed by atoms with E-state index in [1.54, 1.807) is 30.3 Å². The molecule has 1 aliphatic rings. The minimum Gasteiger partial charge on any atom is -0.356 e. The van der Waals surface area contributed by atoms with Crippen LogP contribution < -0.4 is 4.90 Å². The van der Waals surface area contributed by atoms with Crippen LogP contribution in [-0.2, 0) is 20.1 Å². The van der Waals surface area contributed by atoms with E-state index in [0.717, 1.165) is 9.54 Å². The number of hydrogen-bond donors (Lipinski definition) is 1. The fourth-order valence-electron chi connectivity index (χ4n) is 3.84. The maximum absolute atomic E-state index is 13.1. The quantitative estimate of drug-likeness (QED) is 0.566. The lowest BCUT2D eigenvalue weighted by Crippen LogP contribution is -2.45. The maximum atomic E-state index is 13.1. The van der Waals surface area contributed by atoms with Gasteiger partial charge in [-0.05, 0) is 43.9 Å². The smallest absolute Gasteiger partial charge is 0.269 e. The summed E-state index contributed by atoms with van der Waals surface area (Å²) >= 11 is 0. The van der Waals surface area contributed by atoms with E-state index in [9.17, 15) is 16.8 Å². The van der Waals surface area contributed by atoms with Crippen LogP contribution in [0.1, 0.15) is 18.4 Å². The summed E-state index contributed by atoms with van der Waals surface area (Å²) in [5.74, 6) is 0.228. The molecule has 1 aliphatic carbocycles. The average molecular weight is 451 g/mol. The first-order valence-corrected chi connectivity index (χ1v) is 12.4. The molecule has 3 aromatic rings. The van der Waals surface area contributed by atoms with Crippen molar-refractivity contribution in [1.82, 2.24) is 13.9 Å². The van der Waals surface area contributed by atoms with Crippen LogP contribution in [0.15, 0.2) is 47.8 Å². The van der Waals surface area contributed by atoms with Crippen molar-refractivity contribution < 1.29 is 21.4 Å². The zero-order valence-corrected chi connectivity index (χ0v) is 18.1. The Morgan fingerprint density at radius 3 is 2.40 bits per heavy atom. The molecule has 0 aliphatic heterocycles. The van der Waals surface area contributed by atoms with E-state index in [-0.39, 0.29) is 28.3 Å². The van der Waals surface area contributed by atoms with Gasteiger partial charge in [-0.25, -0.2) is 22.4 Å². The van der Waals surface area contributed by atoms with Crippen LogP contribution in [0.4, 0.5) is 5.82 Å². The fourth-order valence-corrected chi connectivity index (χ4v) is 6.01. The predicted octanol–water partition coefficient (Wildman–Crippen LogP) is 2.08. The zero-order chi connectivity index (χ0) is 21.7. The topological polar surface area (TPSA) is 122 Å². The van der Waals surface area contributed by atoms with Gasteiger partial charge in [-0.15, -0.1) is 0 Å². The highest BCUT2D eigenvalue weighted by molar-refractivity contribution is 7.90. The van der Waals surface area contributed by atoms with Gasteiger partial charge in [-0.3, -0.25) is 4.55 Å². The summed E-state index contributed by atoms with van der Waals surface area (Å²) in [5, 5.41) is 0.592. The Morgan fingerprint density at radius 1 is 1.10 bits per heavy atom. The van der Waals surface area contributed by atoms with Crippen molar-refractivity contribution in [3.05, 3.63) is 48.4 Å². The van der Waals surface area contributed by atoms with Crippen LogP contribution in [0.25, 0.3) is 11.0 Å². The standard InChI is InChI=1S/C19H22N4O5S2/c1-13-3-5-16(6-4-13)30(27,28)23-8-7-17-18(20-12-21-19(17)23)22(2)15-9-14(10-15)11-29(24,25)26/h3-8,12,14-15H,9-11H2,1-2H3,(H,24,25,26)/t14-,15+. The van der Waals surface area contributed by atoms with Gasteiger partial charge in [0.2, 0.25) is 0 Å². The molecule has 1 fully saturated rings. The molecular formula is C19H22N4O5S2. The average Bonchev–Trinajstić information content (AvgIpc) is 3.08. The van der Waals surface area contributed by atoms with E-state index in [4.69, 9.17) is 4.55 Å². The van der Waals surface area contributed by atoms with Gasteiger partial charge >= 0.3 is 0 Å². The maximum Gasteiger partial charge on any atom is 0.269 e. The van der Waals surface area contributed by atoms with E-state index in [0.29, 0.717) is 24.0 Å². The number of aromatic nitrogens is 3. The van der Waals surface area contributed by atoms with Crippen molar-refractivity contribution in [3.8, 4) is 0 Å². The molecule has 4 rings (SSSR count). The molecule has 11 heteroatoms. The third-order valence-corrected chi connectivity index (χ3v) is 8.12. The van der Waals surface area contributed by atoms with Crippen molar-refractivity contribution in [2.75, 3.05) is 17.7 Å². The zero-order valence-electron chi connectivity index (χ0n) is 16.5. The Labute approximate surface area is 175 Å². The first kappa shape index (κ1) is 20.8. The van der Waals surface area contributed by atoms with Crippen molar-refractivity contribution in [2.24, 2.45) is 5.92 Å². The van der Waals surface area contributed by atoms with Crippen LogP contribution >= 0.6 is 0 Å². The number of aryl methyl sites for hydroxylation is 1. The fraction of sp³-hybridized carbons (Fsp3) is 0.368. The molecule has 2 heterocycles. The van der Waals surface area contributed by atoms with Crippen LogP contribution in [0.2, 0.25) is 0 Å². The van der Waals surface area contributed by atoms with Gasteiger partial charge in [-0.1, -0.05) is 17.7 Å². The van der Waals surface area contributed by atoms with Crippen molar-refractivity contribution in [2.45, 2.75) is 30.7 Å². The van der Waals surface area contributed by atoms with Crippen molar-refractivity contribution >= 4 is 37.0 Å². The molecule has 0 radical (unpaired) electrons. The van der Waals surface area contributed by atoms with E-state index < -0.39 is 20.1 Å². The molecule has 0 amide bonds. The van der Waals surface area contributed by atoms with E-state index in [1.165, 1.54) is 12.5 Å². The Morgan fingerprint density at radius 2 is 1.77 bits per heavy atom. The van der Waals surface area contributed by atoms with E-state index in [2.05, 4.69) is 9.97 Å². The first-order chi connectivity index (χ1) is 14.1. The first-order valence-electron chi connectivity index (χ1n) is 9.38. The molecule has 0 saturated heterocycles. The summed E-state index contributed by atoms with van der Waals surface area (Å²) in [5.41, 5.74) is 1.24. The van der Waals surface area contributed by atoms with Gasteiger partial charge in [-0.2, -0.15) is 8.42 Å². The van der Waals surface area contributed by atoms with E-state index in [1.807, 2.05) is 18.9 Å². The highest BCUT2D eigenvalue weighted by Gasteiger charge is 2.36. The number of benzene rings is 1. The SMILES string of the molecule is Cc1ccc(S(=O)(=O)n2ccc3c(N(C)[C@H]4C[C@@H](CS(=O)(=O)O)C4)ncnc32)cc1. The Kier molecular flexibility index (Phi) is 5.07. The summed E-state index contributed by atoms with van der Waals surface area (Å²) in [6.07, 6.45) is 3.99. The monoisotopic (exact) mass is 450 g/mol. The van der Waals surface area contributed by atoms with Gasteiger partial charge in [0.15, 0.2) is 5.65 Å².